The molecule has 2 aromatic heterocycles. The van der Waals surface area contributed by atoms with Crippen molar-refractivity contribution in [1.82, 2.24) is 4.98 Å². The van der Waals surface area contributed by atoms with Gasteiger partial charge >= 0.3 is 0 Å². The smallest absolute Gasteiger partial charge is 0.229 e. The summed E-state index contributed by atoms with van der Waals surface area (Å²) in [6, 6.07) is 4.47. The van der Waals surface area contributed by atoms with Gasteiger partial charge in [-0.15, -0.1) is 11.3 Å². The zero-order valence-electron chi connectivity index (χ0n) is 15.3. The van der Waals surface area contributed by atoms with Crippen molar-refractivity contribution in [2.75, 3.05) is 6.61 Å². The number of aliphatic hydroxyl groups is 4. The van der Waals surface area contributed by atoms with Crippen molar-refractivity contribution >= 4 is 22.3 Å². The molecule has 1 aromatic carbocycles. The molecule has 5 atom stereocenters. The van der Waals surface area contributed by atoms with Gasteiger partial charge in [-0.1, -0.05) is 0 Å². The number of hydrogen-bond acceptors (Lipinski definition) is 10. The van der Waals surface area contributed by atoms with E-state index in [1.807, 2.05) is 12.3 Å². The lowest BCUT2D eigenvalue weighted by atomic mass is 9.99. The number of ether oxygens (including phenoxy) is 2. The molecule has 154 valence electrons. The van der Waals surface area contributed by atoms with E-state index in [2.05, 4.69) is 4.98 Å². The molecule has 0 amide bonds. The first-order chi connectivity index (χ1) is 13.9. The number of benzene rings is 1. The van der Waals surface area contributed by atoms with Gasteiger partial charge in [0.15, 0.2) is 0 Å². The van der Waals surface area contributed by atoms with Crippen LogP contribution in [0.2, 0.25) is 0 Å². The monoisotopic (exact) mass is 421 g/mol. The molecule has 1 aliphatic heterocycles. The Labute approximate surface area is 168 Å². The quantitative estimate of drug-likeness (QED) is 0.471. The van der Waals surface area contributed by atoms with Crippen LogP contribution in [0.4, 0.5) is 0 Å². The van der Waals surface area contributed by atoms with E-state index < -0.39 is 37.3 Å². The summed E-state index contributed by atoms with van der Waals surface area (Å²) in [7, 11) is 0. The lowest BCUT2D eigenvalue weighted by Gasteiger charge is -2.39. The number of thiazole rings is 1. The SMILES string of the molecule is Cc1csc(-c2coc3cc(O[C@@H]4O[C@H](CO)[C@H](O)[C@H](O)[C@H]4O)ccc3c2=O)n1. The third-order valence-corrected chi connectivity index (χ3v) is 5.69. The van der Waals surface area contributed by atoms with Crippen molar-refractivity contribution in [2.24, 2.45) is 0 Å². The number of nitrogens with zero attached hydrogens (tertiary/aromatic N) is 1. The van der Waals surface area contributed by atoms with Crippen molar-refractivity contribution in [3.05, 3.63) is 45.8 Å². The van der Waals surface area contributed by atoms with Crippen LogP contribution in [0.1, 0.15) is 5.69 Å². The van der Waals surface area contributed by atoms with Gasteiger partial charge in [-0.2, -0.15) is 0 Å². The van der Waals surface area contributed by atoms with Gasteiger partial charge in [0, 0.05) is 17.1 Å². The maximum atomic E-state index is 12.8. The van der Waals surface area contributed by atoms with Crippen LogP contribution < -0.4 is 10.2 Å². The summed E-state index contributed by atoms with van der Waals surface area (Å²) in [5, 5.41) is 41.8. The van der Waals surface area contributed by atoms with Crippen LogP contribution in [0.5, 0.6) is 5.75 Å². The predicted molar refractivity (Wildman–Crippen MR) is 103 cm³/mol. The molecule has 0 spiro atoms. The summed E-state index contributed by atoms with van der Waals surface area (Å²) < 4.78 is 16.5. The Kier molecular flexibility index (Phi) is 5.38. The van der Waals surface area contributed by atoms with E-state index in [-0.39, 0.29) is 16.8 Å². The predicted octanol–water partition coefficient (Wildman–Crippen LogP) is 0.404. The molecule has 1 saturated heterocycles. The van der Waals surface area contributed by atoms with Crippen LogP contribution in [0.3, 0.4) is 0 Å². The summed E-state index contributed by atoms with van der Waals surface area (Å²) in [6.07, 6.45) is -5.63. The topological polar surface area (TPSA) is 142 Å². The maximum Gasteiger partial charge on any atom is 0.229 e. The van der Waals surface area contributed by atoms with Crippen molar-refractivity contribution < 1.29 is 34.3 Å². The Morgan fingerprint density at radius 2 is 2.00 bits per heavy atom. The van der Waals surface area contributed by atoms with Crippen LogP contribution in [0.15, 0.2) is 39.1 Å². The fourth-order valence-corrected chi connectivity index (χ4v) is 3.91. The van der Waals surface area contributed by atoms with Gasteiger partial charge in [0.2, 0.25) is 11.7 Å². The Balaban J connectivity index is 1.62. The second-order valence-electron chi connectivity index (χ2n) is 6.75. The van der Waals surface area contributed by atoms with Gasteiger partial charge < -0.3 is 34.3 Å². The van der Waals surface area contributed by atoms with E-state index in [0.29, 0.717) is 16.0 Å². The molecule has 9 nitrogen and oxygen atoms in total. The summed E-state index contributed by atoms with van der Waals surface area (Å²) in [5.74, 6) is 0.211. The van der Waals surface area contributed by atoms with Gasteiger partial charge in [0.25, 0.3) is 0 Å². The summed E-state index contributed by atoms with van der Waals surface area (Å²) in [6.45, 7) is 1.28. The lowest BCUT2D eigenvalue weighted by Crippen LogP contribution is -2.60. The van der Waals surface area contributed by atoms with E-state index in [1.165, 1.54) is 35.8 Å². The summed E-state index contributed by atoms with van der Waals surface area (Å²) in [4.78, 5) is 17.1. The minimum Gasteiger partial charge on any atom is -0.463 e. The number of fused-ring (bicyclic) bond motifs is 1. The molecule has 3 aromatic rings. The van der Waals surface area contributed by atoms with E-state index in [1.54, 1.807) is 0 Å². The van der Waals surface area contributed by atoms with E-state index in [4.69, 9.17) is 13.9 Å². The van der Waals surface area contributed by atoms with Gasteiger partial charge in [-0.3, -0.25) is 4.79 Å². The molecule has 0 radical (unpaired) electrons. The van der Waals surface area contributed by atoms with E-state index in [0.717, 1.165) is 5.69 Å². The molecule has 3 heterocycles. The highest BCUT2D eigenvalue weighted by Gasteiger charge is 2.44. The van der Waals surface area contributed by atoms with Gasteiger partial charge in [-0.05, 0) is 19.1 Å². The third-order valence-electron chi connectivity index (χ3n) is 4.70. The first-order valence-corrected chi connectivity index (χ1v) is 9.72. The van der Waals surface area contributed by atoms with Crippen LogP contribution in [0.25, 0.3) is 21.5 Å². The van der Waals surface area contributed by atoms with Crippen LogP contribution in [0, 0.1) is 6.92 Å². The standard InChI is InChI=1S/C19H19NO8S/c1-8-7-29-18(20-8)11-6-26-12-4-9(2-3-10(12)14(11)22)27-19-17(25)16(24)15(23)13(5-21)28-19/h2-4,6-7,13,15-17,19,21,23-25H,5H2,1H3/t13-,15+,16+,17-,19-/m1/s1. The molecule has 29 heavy (non-hydrogen) atoms. The molecular weight excluding hydrogens is 402 g/mol. The first-order valence-electron chi connectivity index (χ1n) is 8.84. The number of hydrogen-bond donors (Lipinski definition) is 4. The lowest BCUT2D eigenvalue weighted by molar-refractivity contribution is -0.277. The van der Waals surface area contributed by atoms with Gasteiger partial charge in [0.05, 0.1) is 17.6 Å². The van der Waals surface area contributed by atoms with E-state index in [9.17, 15) is 25.2 Å². The number of aromatic nitrogens is 1. The Morgan fingerprint density at radius 1 is 1.21 bits per heavy atom. The molecule has 0 unspecified atom stereocenters. The highest BCUT2D eigenvalue weighted by Crippen LogP contribution is 2.28. The van der Waals surface area contributed by atoms with Crippen LogP contribution >= 0.6 is 11.3 Å². The average Bonchev–Trinajstić information content (AvgIpc) is 3.14. The van der Waals surface area contributed by atoms with Gasteiger partial charge in [-0.25, -0.2) is 4.98 Å². The fraction of sp³-hybridized carbons (Fsp3) is 0.368. The fourth-order valence-electron chi connectivity index (χ4n) is 3.11. The largest absolute Gasteiger partial charge is 0.463 e. The Morgan fingerprint density at radius 3 is 2.69 bits per heavy atom. The number of aryl methyl sites for hydroxylation is 1. The molecule has 4 N–H and O–H groups in total. The highest BCUT2D eigenvalue weighted by molar-refractivity contribution is 7.13. The van der Waals surface area contributed by atoms with Crippen molar-refractivity contribution in [2.45, 2.75) is 37.6 Å². The molecular formula is C19H19NO8S. The maximum absolute atomic E-state index is 12.8. The summed E-state index contributed by atoms with van der Waals surface area (Å²) in [5.41, 5.74) is 1.19. The average molecular weight is 421 g/mol. The molecule has 0 saturated carbocycles. The minimum absolute atomic E-state index is 0.211. The molecule has 4 rings (SSSR count). The molecule has 0 bridgehead atoms. The zero-order chi connectivity index (χ0) is 20.7. The van der Waals surface area contributed by atoms with Crippen molar-refractivity contribution in [1.29, 1.82) is 0 Å². The first kappa shape index (κ1) is 20.0. The molecule has 10 heteroatoms. The zero-order valence-corrected chi connectivity index (χ0v) is 16.1. The highest BCUT2D eigenvalue weighted by atomic mass is 32.1. The number of rotatable bonds is 4. The van der Waals surface area contributed by atoms with E-state index >= 15 is 0 Å². The molecule has 1 aliphatic rings. The van der Waals surface area contributed by atoms with Gasteiger partial charge in [0.1, 0.15) is 47.0 Å². The van der Waals surface area contributed by atoms with Crippen LogP contribution in [-0.4, -0.2) is 62.7 Å². The van der Waals surface area contributed by atoms with Crippen LogP contribution in [-0.2, 0) is 4.74 Å². The number of aliphatic hydroxyl groups excluding tert-OH is 4. The van der Waals surface area contributed by atoms with Crippen molar-refractivity contribution in [3.63, 3.8) is 0 Å². The molecule has 0 aliphatic carbocycles. The minimum atomic E-state index is -1.55. The second kappa shape index (κ2) is 7.82. The third kappa shape index (κ3) is 3.66. The normalized spacial score (nSPS) is 27.3. The second-order valence-corrected chi connectivity index (χ2v) is 7.60. The van der Waals surface area contributed by atoms with Crippen molar-refractivity contribution in [3.8, 4) is 16.3 Å². The Bertz CT molecular complexity index is 1080. The molecule has 1 fully saturated rings. The Hall–Kier alpha value is -2.34. The summed E-state index contributed by atoms with van der Waals surface area (Å²) >= 11 is 1.35.